The van der Waals surface area contributed by atoms with Crippen LogP contribution in [0.5, 0.6) is 0 Å². The Balaban J connectivity index is 2.42. The van der Waals surface area contributed by atoms with Gasteiger partial charge in [-0.3, -0.25) is 0 Å². The second-order valence-corrected chi connectivity index (χ2v) is 6.39. The lowest BCUT2D eigenvalue weighted by atomic mass is 10.1. The molecule has 1 aromatic carbocycles. The van der Waals surface area contributed by atoms with Crippen molar-refractivity contribution in [1.29, 1.82) is 0 Å². The van der Waals surface area contributed by atoms with Gasteiger partial charge >= 0.3 is 0 Å². The lowest BCUT2D eigenvalue weighted by Gasteiger charge is -2.11. The fraction of sp³-hybridized carbons (Fsp3) is 0.0909. The summed E-state index contributed by atoms with van der Waals surface area (Å²) in [5.41, 5.74) is 6.36. The van der Waals surface area contributed by atoms with Crippen LogP contribution in [0, 0.1) is 5.82 Å². The van der Waals surface area contributed by atoms with E-state index in [0.29, 0.717) is 14.9 Å². The van der Waals surface area contributed by atoms with Crippen LogP contribution in [0.2, 0.25) is 9.36 Å². The molecule has 0 bridgehead atoms. The van der Waals surface area contributed by atoms with E-state index >= 15 is 0 Å². The first-order valence-electron chi connectivity index (χ1n) is 4.64. The van der Waals surface area contributed by atoms with E-state index in [1.807, 2.05) is 0 Å². The molecule has 2 rings (SSSR count). The number of thiophene rings is 1. The van der Waals surface area contributed by atoms with Crippen molar-refractivity contribution in [3.8, 4) is 0 Å². The summed E-state index contributed by atoms with van der Waals surface area (Å²) in [5.74, 6) is -0.373. The fourth-order valence-electron chi connectivity index (χ4n) is 1.42. The molecule has 90 valence electrons. The number of rotatable bonds is 2. The molecule has 0 saturated carbocycles. The van der Waals surface area contributed by atoms with Crippen LogP contribution in [0.3, 0.4) is 0 Å². The van der Waals surface area contributed by atoms with E-state index in [1.54, 1.807) is 6.07 Å². The summed E-state index contributed by atoms with van der Waals surface area (Å²) in [5, 5.41) is 0.457. The van der Waals surface area contributed by atoms with Crippen LogP contribution >= 0.6 is 50.5 Å². The van der Waals surface area contributed by atoms with Gasteiger partial charge in [0.05, 0.1) is 6.04 Å². The molecule has 1 atom stereocenters. The summed E-state index contributed by atoms with van der Waals surface area (Å²) >= 11 is 16.4. The van der Waals surface area contributed by atoms with Crippen molar-refractivity contribution in [1.82, 2.24) is 0 Å². The van der Waals surface area contributed by atoms with Crippen LogP contribution < -0.4 is 5.73 Å². The van der Waals surface area contributed by atoms with Gasteiger partial charge in [-0.05, 0) is 40.2 Å². The highest BCUT2D eigenvalue weighted by molar-refractivity contribution is 9.10. The summed E-state index contributed by atoms with van der Waals surface area (Å²) in [7, 11) is 0. The van der Waals surface area contributed by atoms with E-state index in [0.717, 1.165) is 9.35 Å². The van der Waals surface area contributed by atoms with Gasteiger partial charge < -0.3 is 5.73 Å². The van der Waals surface area contributed by atoms with Gasteiger partial charge in [0, 0.05) is 19.9 Å². The number of benzene rings is 1. The van der Waals surface area contributed by atoms with Crippen molar-refractivity contribution in [2.45, 2.75) is 6.04 Å². The number of hydrogen-bond donors (Lipinski definition) is 1. The molecule has 0 saturated heterocycles. The van der Waals surface area contributed by atoms with Crippen molar-refractivity contribution >= 4 is 50.5 Å². The molecule has 0 spiro atoms. The molecular formula is C11H7BrCl2FNS. The van der Waals surface area contributed by atoms with E-state index in [2.05, 4.69) is 15.9 Å². The molecule has 1 aromatic heterocycles. The largest absolute Gasteiger partial charge is 0.320 e. The van der Waals surface area contributed by atoms with Gasteiger partial charge in [-0.2, -0.15) is 0 Å². The summed E-state index contributed by atoms with van der Waals surface area (Å²) in [6, 6.07) is 5.55. The lowest BCUT2D eigenvalue weighted by molar-refractivity contribution is 0.601. The Hall–Kier alpha value is -0.130. The molecular weight excluding hydrogens is 348 g/mol. The molecule has 2 aromatic rings. The molecule has 1 heterocycles. The van der Waals surface area contributed by atoms with Crippen molar-refractivity contribution in [2.75, 3.05) is 0 Å². The lowest BCUT2D eigenvalue weighted by Crippen LogP contribution is -2.12. The van der Waals surface area contributed by atoms with Gasteiger partial charge in [-0.25, -0.2) is 4.39 Å². The quantitative estimate of drug-likeness (QED) is 0.806. The zero-order valence-electron chi connectivity index (χ0n) is 8.38. The average Bonchev–Trinajstić information content (AvgIpc) is 2.62. The Morgan fingerprint density at radius 3 is 2.59 bits per heavy atom. The predicted octanol–water partition coefficient (Wildman–Crippen LogP) is 5.00. The van der Waals surface area contributed by atoms with Crippen LogP contribution in [0.15, 0.2) is 28.7 Å². The summed E-state index contributed by atoms with van der Waals surface area (Å²) in [6.45, 7) is 0. The summed E-state index contributed by atoms with van der Waals surface area (Å²) in [6.07, 6.45) is 0. The van der Waals surface area contributed by atoms with Gasteiger partial charge in [0.2, 0.25) is 0 Å². The molecule has 0 amide bonds. The molecule has 2 N–H and O–H groups in total. The van der Waals surface area contributed by atoms with E-state index < -0.39 is 6.04 Å². The topological polar surface area (TPSA) is 26.0 Å². The first kappa shape index (κ1) is 13.3. The maximum atomic E-state index is 13.6. The molecule has 6 heteroatoms. The van der Waals surface area contributed by atoms with Gasteiger partial charge in [0.15, 0.2) is 0 Å². The zero-order chi connectivity index (χ0) is 12.6. The van der Waals surface area contributed by atoms with E-state index in [1.165, 1.54) is 29.5 Å². The van der Waals surface area contributed by atoms with Crippen molar-refractivity contribution < 1.29 is 4.39 Å². The predicted molar refractivity (Wildman–Crippen MR) is 74.5 cm³/mol. The highest BCUT2D eigenvalue weighted by Gasteiger charge is 2.17. The van der Waals surface area contributed by atoms with E-state index in [-0.39, 0.29) is 5.82 Å². The van der Waals surface area contributed by atoms with Crippen LogP contribution in [0.25, 0.3) is 0 Å². The third kappa shape index (κ3) is 2.83. The smallest absolute Gasteiger partial charge is 0.128 e. The molecule has 0 aliphatic carbocycles. The number of nitrogens with two attached hydrogens (primary N) is 1. The highest BCUT2D eigenvalue weighted by atomic mass is 79.9. The van der Waals surface area contributed by atoms with Crippen LogP contribution in [-0.4, -0.2) is 0 Å². The molecule has 0 aliphatic rings. The number of halogens is 4. The molecule has 0 aliphatic heterocycles. The van der Waals surface area contributed by atoms with Gasteiger partial charge in [0.25, 0.3) is 0 Å². The van der Waals surface area contributed by atoms with Gasteiger partial charge in [-0.1, -0.05) is 23.2 Å². The fourth-order valence-corrected chi connectivity index (χ4v) is 3.36. The Bertz CT molecular complexity index is 539. The Kier molecular flexibility index (Phi) is 4.10. The molecule has 0 radical (unpaired) electrons. The van der Waals surface area contributed by atoms with Crippen molar-refractivity contribution in [2.24, 2.45) is 5.73 Å². The minimum Gasteiger partial charge on any atom is -0.320 e. The minimum absolute atomic E-state index is 0.364. The average molecular weight is 355 g/mol. The molecule has 1 nitrogen and oxygen atoms in total. The second-order valence-electron chi connectivity index (χ2n) is 3.41. The molecule has 0 fully saturated rings. The van der Waals surface area contributed by atoms with E-state index in [9.17, 15) is 4.39 Å². The maximum Gasteiger partial charge on any atom is 0.128 e. The molecule has 1 unspecified atom stereocenters. The van der Waals surface area contributed by atoms with Crippen molar-refractivity contribution in [3.63, 3.8) is 0 Å². The zero-order valence-corrected chi connectivity index (χ0v) is 12.3. The van der Waals surface area contributed by atoms with Crippen LogP contribution in [-0.2, 0) is 0 Å². The Labute approximate surface area is 120 Å². The second kappa shape index (κ2) is 5.24. The first-order chi connectivity index (χ1) is 7.99. The molecule has 17 heavy (non-hydrogen) atoms. The Morgan fingerprint density at radius 1 is 1.29 bits per heavy atom. The third-order valence-electron chi connectivity index (χ3n) is 2.26. The van der Waals surface area contributed by atoms with Gasteiger partial charge in [-0.15, -0.1) is 11.3 Å². The maximum absolute atomic E-state index is 13.6. The Morgan fingerprint density at radius 2 is 2.00 bits per heavy atom. The van der Waals surface area contributed by atoms with Crippen LogP contribution in [0.4, 0.5) is 4.39 Å². The van der Waals surface area contributed by atoms with Crippen LogP contribution in [0.1, 0.15) is 16.5 Å². The highest BCUT2D eigenvalue weighted by Crippen LogP contribution is 2.37. The SMILES string of the molecule is NC(c1cc(Br)c(Cl)s1)c1cc(Cl)ccc1F. The number of hydrogen-bond acceptors (Lipinski definition) is 2. The summed E-state index contributed by atoms with van der Waals surface area (Å²) < 4.78 is 15.0. The van der Waals surface area contributed by atoms with E-state index in [4.69, 9.17) is 28.9 Å². The van der Waals surface area contributed by atoms with Crippen molar-refractivity contribution in [3.05, 3.63) is 54.4 Å². The first-order valence-corrected chi connectivity index (χ1v) is 7.01. The summed E-state index contributed by atoms with van der Waals surface area (Å²) in [4.78, 5) is 0.781. The third-order valence-corrected chi connectivity index (χ3v) is 5.06. The van der Waals surface area contributed by atoms with Gasteiger partial charge in [0.1, 0.15) is 10.2 Å². The minimum atomic E-state index is -0.567. The normalized spacial score (nSPS) is 12.8. The standard InChI is InChI=1S/C11H7BrCl2FNS/c12-7-4-9(17-11(7)14)10(16)6-3-5(13)1-2-8(6)15/h1-4,10H,16H2. The monoisotopic (exact) mass is 353 g/mol.